The van der Waals surface area contributed by atoms with E-state index in [-0.39, 0.29) is 11.9 Å². The van der Waals surface area contributed by atoms with Gasteiger partial charge in [-0.25, -0.2) is 4.39 Å². The fourth-order valence-electron chi connectivity index (χ4n) is 2.26. The van der Waals surface area contributed by atoms with E-state index in [1.807, 2.05) is 30.1 Å². The normalized spacial score (nSPS) is 14.2. The molecule has 0 saturated heterocycles. The second kappa shape index (κ2) is 6.64. The summed E-state index contributed by atoms with van der Waals surface area (Å²) >= 11 is 0. The summed E-state index contributed by atoms with van der Waals surface area (Å²) in [5, 5.41) is 10.2. The zero-order chi connectivity index (χ0) is 14.5. The highest BCUT2D eigenvalue weighted by atomic mass is 19.1. The van der Waals surface area contributed by atoms with Crippen molar-refractivity contribution in [3.8, 4) is 0 Å². The Kier molecular flexibility index (Phi) is 4.88. The van der Waals surface area contributed by atoms with Crippen molar-refractivity contribution in [3.63, 3.8) is 0 Å². The molecule has 2 aromatic rings. The molecule has 0 aliphatic rings. The van der Waals surface area contributed by atoms with E-state index in [4.69, 9.17) is 0 Å². The maximum atomic E-state index is 13.6. The highest BCUT2D eigenvalue weighted by Crippen LogP contribution is 2.23. The van der Waals surface area contributed by atoms with Crippen molar-refractivity contribution in [1.29, 1.82) is 0 Å². The summed E-state index contributed by atoms with van der Waals surface area (Å²) < 4.78 is 13.6. The molecule has 2 rings (SSSR count). The van der Waals surface area contributed by atoms with Crippen LogP contribution in [-0.4, -0.2) is 23.6 Å². The standard InChI is InChI=1S/C17H20FNO/c1-13(14-8-4-3-5-9-14)19(2)12-17(20)15-10-6-7-11-16(15)18/h3-11,13,17,20H,12H2,1-2H3. The highest BCUT2D eigenvalue weighted by molar-refractivity contribution is 5.21. The van der Waals surface area contributed by atoms with Crippen LogP contribution in [-0.2, 0) is 0 Å². The molecule has 0 fully saturated rings. The number of hydrogen-bond donors (Lipinski definition) is 1. The maximum absolute atomic E-state index is 13.6. The zero-order valence-electron chi connectivity index (χ0n) is 11.8. The van der Waals surface area contributed by atoms with Crippen molar-refractivity contribution in [2.75, 3.05) is 13.6 Å². The van der Waals surface area contributed by atoms with Gasteiger partial charge in [-0.2, -0.15) is 0 Å². The van der Waals surface area contributed by atoms with Crippen LogP contribution in [0.5, 0.6) is 0 Å². The summed E-state index contributed by atoms with van der Waals surface area (Å²) in [4.78, 5) is 2.02. The molecule has 0 aliphatic carbocycles. The van der Waals surface area contributed by atoms with Gasteiger partial charge in [0, 0.05) is 18.2 Å². The monoisotopic (exact) mass is 273 g/mol. The summed E-state index contributed by atoms with van der Waals surface area (Å²) in [7, 11) is 1.93. The van der Waals surface area contributed by atoms with Crippen LogP contribution < -0.4 is 0 Å². The summed E-state index contributed by atoms with van der Waals surface area (Å²) in [6, 6.07) is 16.6. The Morgan fingerprint density at radius 1 is 1.05 bits per heavy atom. The van der Waals surface area contributed by atoms with Gasteiger partial charge in [-0.1, -0.05) is 48.5 Å². The highest BCUT2D eigenvalue weighted by Gasteiger charge is 2.18. The molecular weight excluding hydrogens is 253 g/mol. The van der Waals surface area contributed by atoms with Crippen LogP contribution in [0.3, 0.4) is 0 Å². The average molecular weight is 273 g/mol. The van der Waals surface area contributed by atoms with E-state index in [0.29, 0.717) is 12.1 Å². The first-order valence-corrected chi connectivity index (χ1v) is 6.77. The van der Waals surface area contributed by atoms with Crippen molar-refractivity contribution in [1.82, 2.24) is 4.90 Å². The number of aliphatic hydroxyl groups is 1. The van der Waals surface area contributed by atoms with E-state index in [0.717, 1.165) is 0 Å². The van der Waals surface area contributed by atoms with E-state index in [1.165, 1.54) is 11.6 Å². The van der Waals surface area contributed by atoms with Crippen LogP contribution in [0.25, 0.3) is 0 Å². The molecule has 0 aromatic heterocycles. The van der Waals surface area contributed by atoms with Crippen molar-refractivity contribution in [2.45, 2.75) is 19.1 Å². The predicted octanol–water partition coefficient (Wildman–Crippen LogP) is 3.55. The van der Waals surface area contributed by atoms with Gasteiger partial charge >= 0.3 is 0 Å². The van der Waals surface area contributed by atoms with Gasteiger partial charge in [-0.15, -0.1) is 0 Å². The largest absolute Gasteiger partial charge is 0.387 e. The van der Waals surface area contributed by atoms with E-state index < -0.39 is 6.10 Å². The lowest BCUT2D eigenvalue weighted by molar-refractivity contribution is 0.105. The second-order valence-corrected chi connectivity index (χ2v) is 5.06. The molecule has 0 spiro atoms. The van der Waals surface area contributed by atoms with Crippen molar-refractivity contribution < 1.29 is 9.50 Å². The molecule has 0 amide bonds. The van der Waals surface area contributed by atoms with Crippen molar-refractivity contribution >= 4 is 0 Å². The molecule has 20 heavy (non-hydrogen) atoms. The number of hydrogen-bond acceptors (Lipinski definition) is 2. The number of nitrogens with zero attached hydrogens (tertiary/aromatic N) is 1. The van der Waals surface area contributed by atoms with E-state index in [2.05, 4.69) is 19.1 Å². The molecule has 1 N–H and O–H groups in total. The molecule has 106 valence electrons. The minimum atomic E-state index is -0.827. The first-order valence-electron chi connectivity index (χ1n) is 6.77. The number of likely N-dealkylation sites (N-methyl/N-ethyl adjacent to an activating group) is 1. The quantitative estimate of drug-likeness (QED) is 0.900. The fraction of sp³-hybridized carbons (Fsp3) is 0.294. The van der Waals surface area contributed by atoms with Gasteiger partial charge in [-0.05, 0) is 25.6 Å². The molecule has 0 saturated carbocycles. The van der Waals surface area contributed by atoms with Crippen LogP contribution in [0.4, 0.5) is 4.39 Å². The van der Waals surface area contributed by atoms with Crippen LogP contribution >= 0.6 is 0 Å². The Hall–Kier alpha value is -1.71. The second-order valence-electron chi connectivity index (χ2n) is 5.06. The minimum Gasteiger partial charge on any atom is -0.387 e. The number of halogens is 1. The van der Waals surface area contributed by atoms with Crippen LogP contribution in [0.2, 0.25) is 0 Å². The molecule has 2 nitrogen and oxygen atoms in total. The number of benzene rings is 2. The fourth-order valence-corrected chi connectivity index (χ4v) is 2.26. The molecule has 3 heteroatoms. The lowest BCUT2D eigenvalue weighted by Crippen LogP contribution is -2.28. The van der Waals surface area contributed by atoms with Gasteiger partial charge in [0.05, 0.1) is 6.10 Å². The van der Waals surface area contributed by atoms with Gasteiger partial charge in [0.1, 0.15) is 5.82 Å². The smallest absolute Gasteiger partial charge is 0.129 e. The summed E-state index contributed by atoms with van der Waals surface area (Å²) in [6.07, 6.45) is -0.827. The third-order valence-electron chi connectivity index (χ3n) is 3.67. The molecule has 2 atom stereocenters. The molecule has 2 unspecified atom stereocenters. The van der Waals surface area contributed by atoms with Crippen LogP contribution in [0, 0.1) is 5.82 Å². The summed E-state index contributed by atoms with van der Waals surface area (Å²) in [5.41, 5.74) is 1.52. The maximum Gasteiger partial charge on any atom is 0.129 e. The number of rotatable bonds is 5. The molecule has 2 aromatic carbocycles. The molecule has 0 heterocycles. The van der Waals surface area contributed by atoms with E-state index in [9.17, 15) is 9.50 Å². The van der Waals surface area contributed by atoms with E-state index >= 15 is 0 Å². The lowest BCUT2D eigenvalue weighted by atomic mass is 10.0. The molecule has 0 bridgehead atoms. The zero-order valence-corrected chi connectivity index (χ0v) is 11.8. The van der Waals surface area contributed by atoms with Gasteiger partial charge in [0.2, 0.25) is 0 Å². The van der Waals surface area contributed by atoms with Crippen LogP contribution in [0.1, 0.15) is 30.2 Å². The van der Waals surface area contributed by atoms with Crippen LogP contribution in [0.15, 0.2) is 54.6 Å². The molecule has 0 aliphatic heterocycles. The van der Waals surface area contributed by atoms with Gasteiger partial charge in [-0.3, -0.25) is 4.90 Å². The number of aliphatic hydroxyl groups excluding tert-OH is 1. The summed E-state index contributed by atoms with van der Waals surface area (Å²) in [6.45, 7) is 2.46. The predicted molar refractivity (Wildman–Crippen MR) is 78.8 cm³/mol. The Labute approximate surface area is 119 Å². The summed E-state index contributed by atoms with van der Waals surface area (Å²) in [5.74, 6) is -0.360. The van der Waals surface area contributed by atoms with Gasteiger partial charge in [0.25, 0.3) is 0 Å². The van der Waals surface area contributed by atoms with Gasteiger partial charge < -0.3 is 5.11 Å². The average Bonchev–Trinajstić information content (AvgIpc) is 2.47. The first-order chi connectivity index (χ1) is 9.59. The molecular formula is C17H20FNO. The van der Waals surface area contributed by atoms with Gasteiger partial charge in [0.15, 0.2) is 0 Å². The third-order valence-corrected chi connectivity index (χ3v) is 3.67. The Morgan fingerprint density at radius 2 is 1.65 bits per heavy atom. The minimum absolute atomic E-state index is 0.164. The molecule has 0 radical (unpaired) electrons. The Morgan fingerprint density at radius 3 is 2.30 bits per heavy atom. The van der Waals surface area contributed by atoms with Crippen molar-refractivity contribution in [3.05, 3.63) is 71.5 Å². The SMILES string of the molecule is CC(c1ccccc1)N(C)CC(O)c1ccccc1F. The van der Waals surface area contributed by atoms with E-state index in [1.54, 1.807) is 18.2 Å². The van der Waals surface area contributed by atoms with Crippen molar-refractivity contribution in [2.24, 2.45) is 0 Å². The third kappa shape index (κ3) is 3.44. The Bertz CT molecular complexity index is 544. The first kappa shape index (κ1) is 14.7. The topological polar surface area (TPSA) is 23.5 Å². The lowest BCUT2D eigenvalue weighted by Gasteiger charge is -2.27. The Balaban J connectivity index is 2.04.